The molecule has 0 saturated heterocycles. The molecule has 1 N–H and O–H groups in total. The second-order valence-corrected chi connectivity index (χ2v) is 8.31. The van der Waals surface area contributed by atoms with Crippen LogP contribution in [0.5, 0.6) is 0 Å². The van der Waals surface area contributed by atoms with Crippen molar-refractivity contribution in [3.05, 3.63) is 41.7 Å². The van der Waals surface area contributed by atoms with Crippen molar-refractivity contribution in [2.24, 2.45) is 0 Å². The highest BCUT2D eigenvalue weighted by molar-refractivity contribution is 7.85. The predicted octanol–water partition coefficient (Wildman–Crippen LogP) is 2.27. The maximum absolute atomic E-state index is 11.7. The Labute approximate surface area is 168 Å². The number of benzene rings is 1. The lowest BCUT2D eigenvalue weighted by molar-refractivity contribution is -0.140. The molecule has 0 fully saturated rings. The monoisotopic (exact) mass is 454 g/mol. The molecule has 1 rings (SSSR count). The number of phosphoric ester groups is 1. The maximum atomic E-state index is 11.7. The fourth-order valence-corrected chi connectivity index (χ4v) is 2.70. The van der Waals surface area contributed by atoms with Crippen LogP contribution in [-0.2, 0) is 47.3 Å². The summed E-state index contributed by atoms with van der Waals surface area (Å²) in [4.78, 5) is 22.1. The van der Waals surface area contributed by atoms with E-state index in [1.807, 2.05) is 6.92 Å². The van der Waals surface area contributed by atoms with E-state index in [2.05, 4.69) is 18.5 Å². The van der Waals surface area contributed by atoms with E-state index in [0.717, 1.165) is 40.1 Å². The zero-order chi connectivity index (χ0) is 22.7. The van der Waals surface area contributed by atoms with Gasteiger partial charge in [0.05, 0.1) is 25.2 Å². The van der Waals surface area contributed by atoms with Crippen molar-refractivity contribution in [2.45, 2.75) is 18.2 Å². The largest absolute Gasteiger partial charge is 0.529 e. The van der Waals surface area contributed by atoms with Crippen LogP contribution in [0, 0.1) is 6.92 Å². The topological polar surface area (TPSA) is 152 Å². The van der Waals surface area contributed by atoms with Gasteiger partial charge >= 0.3 is 19.8 Å². The van der Waals surface area contributed by atoms with Gasteiger partial charge in [-0.2, -0.15) is 8.42 Å². The molecule has 0 amide bonds. The highest BCUT2D eigenvalue weighted by Gasteiger charge is 2.27. The van der Waals surface area contributed by atoms with Crippen molar-refractivity contribution in [3.8, 4) is 0 Å². The Morgan fingerprint density at radius 2 is 1.55 bits per heavy atom. The Morgan fingerprint density at radius 3 is 1.93 bits per heavy atom. The van der Waals surface area contributed by atoms with E-state index < -0.39 is 36.3 Å². The first-order chi connectivity index (χ1) is 13.4. The lowest BCUT2D eigenvalue weighted by Crippen LogP contribution is -2.07. The normalized spacial score (nSPS) is 11.7. The molecule has 0 aliphatic heterocycles. The van der Waals surface area contributed by atoms with Crippen LogP contribution in [0.15, 0.2) is 41.0 Å². The molecule has 13 heteroatoms. The molecule has 0 radical (unpaired) electrons. The fraction of sp³-hybridized carbons (Fsp3) is 0.375. The number of hydrogen-bond acceptors (Lipinski definition) is 10. The van der Waals surface area contributed by atoms with Crippen LogP contribution in [0.25, 0.3) is 0 Å². The van der Waals surface area contributed by atoms with Crippen molar-refractivity contribution in [1.82, 2.24) is 0 Å². The summed E-state index contributed by atoms with van der Waals surface area (Å²) in [5, 5.41) is 0. The number of rotatable bonds is 8. The predicted molar refractivity (Wildman–Crippen MR) is 100 cm³/mol. The molecule has 0 aliphatic carbocycles. The molecule has 1 aromatic carbocycles. The van der Waals surface area contributed by atoms with Gasteiger partial charge in [-0.1, -0.05) is 17.7 Å². The van der Waals surface area contributed by atoms with E-state index in [1.54, 1.807) is 12.1 Å². The number of esters is 2. The Balaban J connectivity index is 0.000000604. The molecule has 0 aliphatic rings. The van der Waals surface area contributed by atoms with Gasteiger partial charge in [-0.15, -0.1) is 0 Å². The number of carbonyl (C=O) groups excluding carboxylic acids is 2. The standard InChI is InChI=1S/C9H15O8P.C7H8O3S/c1-13-8(10)5-7(6-9(11)14-2)17-18(12,15-3)16-4;1-6-2-4-7(5-3-6)11(8,9)10/h5H,6H2,1-4H3;2-5H,1H3,(H,8,9,10)/b7-5-;. The van der Waals surface area contributed by atoms with Gasteiger partial charge in [0.15, 0.2) is 0 Å². The molecular formula is C16H23O11PS. The summed E-state index contributed by atoms with van der Waals surface area (Å²) in [7, 11) is -3.39. The maximum Gasteiger partial charge on any atom is 0.529 e. The third-order valence-electron chi connectivity index (χ3n) is 3.02. The van der Waals surface area contributed by atoms with Crippen LogP contribution >= 0.6 is 7.82 Å². The van der Waals surface area contributed by atoms with E-state index in [1.165, 1.54) is 12.1 Å². The van der Waals surface area contributed by atoms with Gasteiger partial charge < -0.3 is 14.0 Å². The van der Waals surface area contributed by atoms with Gasteiger partial charge in [0.1, 0.15) is 12.2 Å². The molecule has 0 bridgehead atoms. The van der Waals surface area contributed by atoms with Crippen molar-refractivity contribution >= 4 is 29.9 Å². The van der Waals surface area contributed by atoms with Crippen molar-refractivity contribution < 1.29 is 50.2 Å². The lowest BCUT2D eigenvalue weighted by Gasteiger charge is -2.15. The van der Waals surface area contributed by atoms with Crippen molar-refractivity contribution in [2.75, 3.05) is 28.4 Å². The van der Waals surface area contributed by atoms with Crippen LogP contribution < -0.4 is 0 Å². The first-order valence-electron chi connectivity index (χ1n) is 7.71. The molecule has 164 valence electrons. The van der Waals surface area contributed by atoms with E-state index >= 15 is 0 Å². The van der Waals surface area contributed by atoms with Gasteiger partial charge in [-0.25, -0.2) is 9.36 Å². The first kappa shape index (κ1) is 26.8. The van der Waals surface area contributed by atoms with Gasteiger partial charge in [-0.3, -0.25) is 18.4 Å². The van der Waals surface area contributed by atoms with E-state index in [0.29, 0.717) is 0 Å². The number of hydrogen-bond donors (Lipinski definition) is 1. The quantitative estimate of drug-likeness (QED) is 0.202. The number of ether oxygens (including phenoxy) is 2. The summed E-state index contributed by atoms with van der Waals surface area (Å²) in [6.45, 7) is 1.84. The van der Waals surface area contributed by atoms with E-state index in [-0.39, 0.29) is 10.7 Å². The zero-order valence-electron chi connectivity index (χ0n) is 16.5. The average molecular weight is 454 g/mol. The SMILES string of the molecule is COC(=O)/C=C(/CC(=O)OC)OP(=O)(OC)OC.Cc1ccc(S(=O)(=O)O)cc1. The third kappa shape index (κ3) is 10.8. The van der Waals surface area contributed by atoms with Crippen LogP contribution in [0.2, 0.25) is 0 Å². The summed E-state index contributed by atoms with van der Waals surface area (Å²) < 4.78 is 63.9. The minimum absolute atomic E-state index is 0.0666. The molecule has 11 nitrogen and oxygen atoms in total. The summed E-state index contributed by atoms with van der Waals surface area (Å²) in [6.07, 6.45) is 0.434. The number of methoxy groups -OCH3 is 2. The summed E-state index contributed by atoms with van der Waals surface area (Å²) in [6, 6.07) is 5.99. The van der Waals surface area contributed by atoms with E-state index in [4.69, 9.17) is 9.08 Å². The first-order valence-corrected chi connectivity index (χ1v) is 10.6. The highest BCUT2D eigenvalue weighted by atomic mass is 32.2. The Kier molecular flexibility index (Phi) is 11.4. The Bertz CT molecular complexity index is 851. The van der Waals surface area contributed by atoms with Gasteiger partial charge in [0, 0.05) is 14.2 Å². The molecule has 0 unspecified atom stereocenters. The second-order valence-electron chi connectivity index (χ2n) is 5.08. The Hall–Kier alpha value is -2.24. The Morgan fingerprint density at radius 1 is 1.03 bits per heavy atom. The number of aryl methyl sites for hydroxylation is 1. The second kappa shape index (κ2) is 12.3. The van der Waals surface area contributed by atoms with Gasteiger partial charge in [0.2, 0.25) is 0 Å². The summed E-state index contributed by atoms with van der Waals surface area (Å²) in [5.74, 6) is -1.72. The van der Waals surface area contributed by atoms with Gasteiger partial charge in [-0.05, 0) is 19.1 Å². The number of carbonyl (C=O) groups is 2. The fourth-order valence-electron chi connectivity index (χ4n) is 1.52. The molecule has 29 heavy (non-hydrogen) atoms. The minimum atomic E-state index is -4.02. The van der Waals surface area contributed by atoms with Crippen LogP contribution in [0.4, 0.5) is 0 Å². The molecular weight excluding hydrogens is 431 g/mol. The van der Waals surface area contributed by atoms with E-state index in [9.17, 15) is 22.6 Å². The minimum Gasteiger partial charge on any atom is -0.469 e. The molecule has 0 heterocycles. The smallest absolute Gasteiger partial charge is 0.469 e. The molecule has 1 aromatic rings. The van der Waals surface area contributed by atoms with Crippen molar-refractivity contribution in [1.29, 1.82) is 0 Å². The third-order valence-corrected chi connectivity index (χ3v) is 5.24. The number of phosphoric acid groups is 1. The van der Waals surface area contributed by atoms with Crippen LogP contribution in [0.3, 0.4) is 0 Å². The van der Waals surface area contributed by atoms with Gasteiger partial charge in [0.25, 0.3) is 10.1 Å². The molecule has 0 atom stereocenters. The molecule has 0 saturated carbocycles. The summed E-state index contributed by atoms with van der Waals surface area (Å²) in [5.41, 5.74) is 0.956. The van der Waals surface area contributed by atoms with Crippen LogP contribution in [0.1, 0.15) is 12.0 Å². The average Bonchev–Trinajstić information content (AvgIpc) is 2.67. The molecule has 0 aromatic heterocycles. The highest BCUT2D eigenvalue weighted by Crippen LogP contribution is 2.50. The summed E-state index contributed by atoms with van der Waals surface area (Å²) >= 11 is 0. The van der Waals surface area contributed by atoms with Crippen molar-refractivity contribution in [3.63, 3.8) is 0 Å². The lowest BCUT2D eigenvalue weighted by atomic mass is 10.2. The zero-order valence-corrected chi connectivity index (χ0v) is 18.2. The van der Waals surface area contributed by atoms with Crippen LogP contribution in [-0.4, -0.2) is 53.3 Å². The molecule has 0 spiro atoms.